The Hall–Kier alpha value is -2.24. The van der Waals surface area contributed by atoms with E-state index >= 15 is 0 Å². The maximum absolute atomic E-state index is 12.0. The Kier molecular flexibility index (Phi) is 6.14. The predicted molar refractivity (Wildman–Crippen MR) is 98.3 cm³/mol. The lowest BCUT2D eigenvalue weighted by Crippen LogP contribution is -2.37. The number of carbonyl (C=O) groups is 1. The van der Waals surface area contributed by atoms with Crippen LogP contribution in [0.15, 0.2) is 48.5 Å². The quantitative estimate of drug-likeness (QED) is 0.860. The molecule has 25 heavy (non-hydrogen) atoms. The molecule has 0 bridgehead atoms. The van der Waals surface area contributed by atoms with Gasteiger partial charge in [0.1, 0.15) is 5.75 Å². The van der Waals surface area contributed by atoms with Gasteiger partial charge in [-0.25, -0.2) is 0 Å². The number of hydrogen-bond donors (Lipinski definition) is 1. The second-order valence-corrected chi connectivity index (χ2v) is 6.18. The molecular weight excluding hydrogens is 340 g/mol. The Bertz CT molecular complexity index is 700. The van der Waals surface area contributed by atoms with Crippen LogP contribution in [0.1, 0.15) is 5.56 Å². The van der Waals surface area contributed by atoms with E-state index in [1.807, 2.05) is 18.2 Å². The van der Waals surface area contributed by atoms with Crippen LogP contribution in [0.5, 0.6) is 5.75 Å². The molecule has 132 valence electrons. The summed E-state index contributed by atoms with van der Waals surface area (Å²) >= 11 is 5.82. The second-order valence-electron chi connectivity index (χ2n) is 5.75. The summed E-state index contributed by atoms with van der Waals surface area (Å²) in [7, 11) is 0. The molecule has 3 rings (SSSR count). The molecular formula is C19H21ClN2O3. The molecule has 0 radical (unpaired) electrons. The van der Waals surface area contributed by atoms with Gasteiger partial charge in [-0.3, -0.25) is 4.79 Å². The van der Waals surface area contributed by atoms with Crippen LogP contribution >= 0.6 is 11.6 Å². The van der Waals surface area contributed by atoms with E-state index in [2.05, 4.69) is 16.3 Å². The first kappa shape index (κ1) is 17.6. The van der Waals surface area contributed by atoms with Crippen molar-refractivity contribution in [1.29, 1.82) is 0 Å². The van der Waals surface area contributed by atoms with E-state index in [9.17, 15) is 4.79 Å². The molecule has 1 aliphatic rings. The van der Waals surface area contributed by atoms with Gasteiger partial charge in [0.05, 0.1) is 13.2 Å². The van der Waals surface area contributed by atoms with Crippen LogP contribution in [-0.2, 0) is 16.1 Å². The monoisotopic (exact) mass is 360 g/mol. The van der Waals surface area contributed by atoms with Crippen molar-refractivity contribution in [3.63, 3.8) is 0 Å². The molecule has 1 N–H and O–H groups in total. The Balaban J connectivity index is 1.52. The predicted octanol–water partition coefficient (Wildman–Crippen LogP) is 2.87. The summed E-state index contributed by atoms with van der Waals surface area (Å²) in [5, 5.41) is 3.55. The summed E-state index contributed by atoms with van der Waals surface area (Å²) in [6.07, 6.45) is 0. The Morgan fingerprint density at radius 1 is 1.12 bits per heavy atom. The fourth-order valence-electron chi connectivity index (χ4n) is 2.70. The van der Waals surface area contributed by atoms with Crippen LogP contribution in [0.4, 0.5) is 5.69 Å². The number of rotatable bonds is 6. The summed E-state index contributed by atoms with van der Waals surface area (Å²) < 4.78 is 10.9. The Morgan fingerprint density at radius 2 is 1.84 bits per heavy atom. The summed E-state index contributed by atoms with van der Waals surface area (Å²) in [5.41, 5.74) is 2.23. The number of morpholine rings is 1. The number of para-hydroxylation sites is 1. The van der Waals surface area contributed by atoms with Gasteiger partial charge in [0, 0.05) is 30.3 Å². The van der Waals surface area contributed by atoms with Gasteiger partial charge >= 0.3 is 0 Å². The van der Waals surface area contributed by atoms with Gasteiger partial charge in [-0.1, -0.05) is 29.8 Å². The molecule has 0 atom stereocenters. The van der Waals surface area contributed by atoms with Gasteiger partial charge in [-0.2, -0.15) is 0 Å². The van der Waals surface area contributed by atoms with Crippen LogP contribution in [0, 0.1) is 0 Å². The lowest BCUT2D eigenvalue weighted by atomic mass is 10.1. The summed E-state index contributed by atoms with van der Waals surface area (Å²) in [4.78, 5) is 14.3. The highest BCUT2D eigenvalue weighted by atomic mass is 35.5. The molecule has 5 nitrogen and oxygen atoms in total. The molecule has 1 amide bonds. The molecule has 1 fully saturated rings. The fourth-order valence-corrected chi connectivity index (χ4v) is 2.82. The first-order chi connectivity index (χ1) is 12.2. The van der Waals surface area contributed by atoms with Crippen LogP contribution in [0.3, 0.4) is 0 Å². The van der Waals surface area contributed by atoms with Gasteiger partial charge in [0.2, 0.25) is 0 Å². The lowest BCUT2D eigenvalue weighted by molar-refractivity contribution is -0.123. The van der Waals surface area contributed by atoms with Crippen molar-refractivity contribution in [2.24, 2.45) is 0 Å². The van der Waals surface area contributed by atoms with E-state index < -0.39 is 0 Å². The van der Waals surface area contributed by atoms with Crippen molar-refractivity contribution in [1.82, 2.24) is 5.32 Å². The molecule has 0 aliphatic carbocycles. The van der Waals surface area contributed by atoms with Gasteiger partial charge in [0.15, 0.2) is 6.61 Å². The van der Waals surface area contributed by atoms with E-state index in [4.69, 9.17) is 21.1 Å². The first-order valence-electron chi connectivity index (χ1n) is 8.28. The average molecular weight is 361 g/mol. The molecule has 6 heteroatoms. The van der Waals surface area contributed by atoms with Gasteiger partial charge < -0.3 is 19.7 Å². The standard InChI is InChI=1S/C19H21ClN2O3/c20-16-5-7-17(8-6-16)25-14-19(23)21-13-15-3-1-2-4-18(15)22-9-11-24-12-10-22/h1-8H,9-14H2,(H,21,23). The lowest BCUT2D eigenvalue weighted by Gasteiger charge is -2.30. The third kappa shape index (κ3) is 5.11. The van der Waals surface area contributed by atoms with Crippen molar-refractivity contribution in [3.05, 3.63) is 59.1 Å². The number of nitrogens with one attached hydrogen (secondary N) is 1. The third-order valence-corrected chi connectivity index (χ3v) is 4.25. The zero-order chi connectivity index (χ0) is 17.5. The summed E-state index contributed by atoms with van der Waals surface area (Å²) in [5.74, 6) is 0.458. The molecule has 0 unspecified atom stereocenters. The van der Waals surface area contributed by atoms with Gasteiger partial charge in [0.25, 0.3) is 5.91 Å². The number of hydrogen-bond acceptors (Lipinski definition) is 4. The average Bonchev–Trinajstić information content (AvgIpc) is 2.67. The smallest absolute Gasteiger partial charge is 0.258 e. The number of nitrogens with zero attached hydrogens (tertiary/aromatic N) is 1. The number of halogens is 1. The maximum Gasteiger partial charge on any atom is 0.258 e. The molecule has 0 aromatic heterocycles. The number of carbonyl (C=O) groups excluding carboxylic acids is 1. The van der Waals surface area contributed by atoms with E-state index in [0.29, 0.717) is 17.3 Å². The van der Waals surface area contributed by atoms with Crippen LogP contribution in [-0.4, -0.2) is 38.8 Å². The van der Waals surface area contributed by atoms with E-state index in [1.165, 1.54) is 0 Å². The largest absolute Gasteiger partial charge is 0.484 e. The van der Waals surface area contributed by atoms with Crippen molar-refractivity contribution in [2.75, 3.05) is 37.8 Å². The van der Waals surface area contributed by atoms with Crippen LogP contribution < -0.4 is 15.0 Å². The number of ether oxygens (including phenoxy) is 2. The third-order valence-electron chi connectivity index (χ3n) is 4.00. The minimum Gasteiger partial charge on any atom is -0.484 e. The van der Waals surface area contributed by atoms with Gasteiger partial charge in [-0.15, -0.1) is 0 Å². The van der Waals surface area contributed by atoms with Crippen molar-refractivity contribution in [2.45, 2.75) is 6.54 Å². The molecule has 2 aromatic carbocycles. The minimum atomic E-state index is -0.160. The summed E-state index contributed by atoms with van der Waals surface area (Å²) in [6, 6.07) is 15.0. The highest BCUT2D eigenvalue weighted by Gasteiger charge is 2.14. The highest BCUT2D eigenvalue weighted by molar-refractivity contribution is 6.30. The first-order valence-corrected chi connectivity index (χ1v) is 8.66. The topological polar surface area (TPSA) is 50.8 Å². The molecule has 0 saturated carbocycles. The summed E-state index contributed by atoms with van der Waals surface area (Å²) in [6.45, 7) is 3.64. The highest BCUT2D eigenvalue weighted by Crippen LogP contribution is 2.21. The van der Waals surface area contributed by atoms with E-state index in [0.717, 1.165) is 37.6 Å². The van der Waals surface area contributed by atoms with Gasteiger partial charge in [-0.05, 0) is 35.9 Å². The normalized spacial score (nSPS) is 14.2. The van der Waals surface area contributed by atoms with Crippen LogP contribution in [0.25, 0.3) is 0 Å². The molecule has 1 heterocycles. The molecule has 1 aliphatic heterocycles. The van der Waals surface area contributed by atoms with Crippen LogP contribution in [0.2, 0.25) is 5.02 Å². The van der Waals surface area contributed by atoms with Crippen molar-refractivity contribution < 1.29 is 14.3 Å². The van der Waals surface area contributed by atoms with E-state index in [1.54, 1.807) is 24.3 Å². The maximum atomic E-state index is 12.0. The SMILES string of the molecule is O=C(COc1ccc(Cl)cc1)NCc1ccccc1N1CCOCC1. The fraction of sp³-hybridized carbons (Fsp3) is 0.316. The second kappa shape index (κ2) is 8.74. The number of anilines is 1. The molecule has 2 aromatic rings. The van der Waals surface area contributed by atoms with Crippen molar-refractivity contribution >= 4 is 23.2 Å². The zero-order valence-corrected chi connectivity index (χ0v) is 14.7. The molecule has 1 saturated heterocycles. The van der Waals surface area contributed by atoms with Crippen molar-refractivity contribution in [3.8, 4) is 5.75 Å². The van der Waals surface area contributed by atoms with E-state index in [-0.39, 0.29) is 12.5 Å². The molecule has 0 spiro atoms. The Labute approximate surface area is 152 Å². The Morgan fingerprint density at radius 3 is 2.60 bits per heavy atom. The zero-order valence-electron chi connectivity index (χ0n) is 13.9. The number of benzene rings is 2. The minimum absolute atomic E-state index is 0.0264. The number of amides is 1.